The van der Waals surface area contributed by atoms with Gasteiger partial charge in [0.1, 0.15) is 0 Å². The van der Waals surface area contributed by atoms with Crippen molar-refractivity contribution in [3.63, 3.8) is 0 Å². The number of fused-ring (bicyclic) bond motifs is 1. The molecule has 1 atom stereocenters. The van der Waals surface area contributed by atoms with Gasteiger partial charge in [-0.15, -0.1) is 12.4 Å². The highest BCUT2D eigenvalue weighted by Gasteiger charge is 2.07. The van der Waals surface area contributed by atoms with Gasteiger partial charge in [-0.3, -0.25) is 4.79 Å². The van der Waals surface area contributed by atoms with Crippen molar-refractivity contribution in [1.29, 1.82) is 0 Å². The molecular formula is C15H22ClN3O. The van der Waals surface area contributed by atoms with Crippen molar-refractivity contribution < 1.29 is 4.79 Å². The first-order valence-corrected chi connectivity index (χ1v) is 6.66. The molecule has 2 rings (SSSR count). The van der Waals surface area contributed by atoms with Crippen LogP contribution in [0, 0.1) is 6.92 Å². The Kier molecular flexibility index (Phi) is 6.05. The topological polar surface area (TPSA) is 70.9 Å². The monoisotopic (exact) mass is 295 g/mol. The molecule has 5 heteroatoms. The highest BCUT2D eigenvalue weighted by Crippen LogP contribution is 2.21. The van der Waals surface area contributed by atoms with E-state index in [1.54, 1.807) is 0 Å². The molecule has 4 N–H and O–H groups in total. The maximum atomic E-state index is 11.5. The van der Waals surface area contributed by atoms with Crippen molar-refractivity contribution >= 4 is 29.2 Å². The van der Waals surface area contributed by atoms with Crippen molar-refractivity contribution in [1.82, 2.24) is 10.3 Å². The lowest BCUT2D eigenvalue weighted by molar-refractivity contribution is -0.121. The zero-order valence-electron chi connectivity index (χ0n) is 11.9. The Bertz CT molecular complexity index is 578. The average Bonchev–Trinajstić information content (AvgIpc) is 2.73. The Labute approximate surface area is 125 Å². The van der Waals surface area contributed by atoms with Crippen LogP contribution < -0.4 is 11.1 Å². The predicted molar refractivity (Wildman–Crippen MR) is 85.3 cm³/mol. The Morgan fingerprint density at radius 3 is 2.90 bits per heavy atom. The molecule has 0 bridgehead atoms. The minimum Gasteiger partial charge on any atom is -0.361 e. The highest BCUT2D eigenvalue weighted by atomic mass is 35.5. The Hall–Kier alpha value is -1.52. The third-order valence-corrected chi connectivity index (χ3v) is 3.23. The number of aromatic amines is 1. The number of H-pyrrole nitrogens is 1. The number of carbonyl (C=O) groups excluding carboxylic acids is 1. The zero-order chi connectivity index (χ0) is 13.8. The Balaban J connectivity index is 0.00000200. The van der Waals surface area contributed by atoms with E-state index in [0.717, 1.165) is 6.42 Å². The Morgan fingerprint density at radius 1 is 1.45 bits per heavy atom. The number of para-hydroxylation sites is 1. The quantitative estimate of drug-likeness (QED) is 0.792. The van der Waals surface area contributed by atoms with Gasteiger partial charge in [0.15, 0.2) is 0 Å². The summed E-state index contributed by atoms with van der Waals surface area (Å²) in [6.07, 6.45) is 3.23. The summed E-state index contributed by atoms with van der Waals surface area (Å²) >= 11 is 0. The molecular weight excluding hydrogens is 274 g/mol. The fraction of sp³-hybridized carbons (Fsp3) is 0.400. The summed E-state index contributed by atoms with van der Waals surface area (Å²) in [5.41, 5.74) is 9.24. The molecule has 1 unspecified atom stereocenters. The maximum Gasteiger partial charge on any atom is 0.221 e. The van der Waals surface area contributed by atoms with Gasteiger partial charge < -0.3 is 16.0 Å². The molecule has 0 spiro atoms. The second kappa shape index (κ2) is 7.31. The van der Waals surface area contributed by atoms with Crippen LogP contribution in [0.1, 0.15) is 24.5 Å². The normalized spacial score (nSPS) is 11.9. The third kappa shape index (κ3) is 3.99. The summed E-state index contributed by atoms with van der Waals surface area (Å²) in [6.45, 7) is 4.57. The first-order valence-electron chi connectivity index (χ1n) is 6.66. The smallest absolute Gasteiger partial charge is 0.221 e. The fourth-order valence-electron chi connectivity index (χ4n) is 2.27. The van der Waals surface area contributed by atoms with E-state index in [1.165, 1.54) is 22.0 Å². The van der Waals surface area contributed by atoms with Crippen LogP contribution >= 0.6 is 12.4 Å². The molecule has 0 saturated heterocycles. The first-order chi connectivity index (χ1) is 9.08. The lowest BCUT2D eigenvalue weighted by atomic mass is 10.1. The lowest BCUT2D eigenvalue weighted by Crippen LogP contribution is -2.31. The van der Waals surface area contributed by atoms with Crippen LogP contribution in [0.3, 0.4) is 0 Å². The van der Waals surface area contributed by atoms with Gasteiger partial charge in [-0.1, -0.05) is 18.2 Å². The first kappa shape index (κ1) is 16.5. The number of carbonyl (C=O) groups is 1. The van der Waals surface area contributed by atoms with Crippen molar-refractivity contribution in [2.24, 2.45) is 5.73 Å². The number of aromatic nitrogens is 1. The van der Waals surface area contributed by atoms with Crippen molar-refractivity contribution in [3.05, 3.63) is 35.5 Å². The number of amides is 1. The van der Waals surface area contributed by atoms with Crippen LogP contribution in [0.2, 0.25) is 0 Å². The lowest BCUT2D eigenvalue weighted by Gasteiger charge is -2.06. The van der Waals surface area contributed by atoms with Crippen LogP contribution in [-0.4, -0.2) is 23.5 Å². The van der Waals surface area contributed by atoms with Gasteiger partial charge >= 0.3 is 0 Å². The summed E-state index contributed by atoms with van der Waals surface area (Å²) in [5.74, 6) is 0.0195. The number of hydrogen-bond donors (Lipinski definition) is 3. The number of rotatable bonds is 5. The standard InChI is InChI=1S/C15H21N3O.ClH/c1-10-4-3-5-13-12(9-18-15(10)13)6-7-17-14(19)8-11(2)16;/h3-5,9,11,18H,6-8,16H2,1-2H3,(H,17,19);1H. The molecule has 0 aliphatic carbocycles. The molecule has 0 aliphatic heterocycles. The second-order valence-electron chi connectivity index (χ2n) is 5.09. The van der Waals surface area contributed by atoms with E-state index >= 15 is 0 Å². The van der Waals surface area contributed by atoms with E-state index in [0.29, 0.717) is 13.0 Å². The summed E-state index contributed by atoms with van der Waals surface area (Å²) < 4.78 is 0. The van der Waals surface area contributed by atoms with Gasteiger partial charge in [0, 0.05) is 36.1 Å². The van der Waals surface area contributed by atoms with Crippen molar-refractivity contribution in [2.45, 2.75) is 32.7 Å². The van der Waals surface area contributed by atoms with Gasteiger partial charge in [0.05, 0.1) is 0 Å². The molecule has 2 aromatic rings. The van der Waals surface area contributed by atoms with Crippen LogP contribution in [-0.2, 0) is 11.2 Å². The molecule has 0 saturated carbocycles. The summed E-state index contributed by atoms with van der Waals surface area (Å²) in [7, 11) is 0. The number of nitrogens with two attached hydrogens (primary N) is 1. The van der Waals surface area contributed by atoms with Gasteiger partial charge in [-0.05, 0) is 31.4 Å². The fourth-order valence-corrected chi connectivity index (χ4v) is 2.27. The SMILES string of the molecule is Cc1cccc2c(CCNC(=O)CC(C)N)c[nH]c12.Cl. The number of nitrogens with one attached hydrogen (secondary N) is 2. The predicted octanol–water partition coefficient (Wildman–Crippen LogP) is 2.29. The number of aryl methyl sites for hydroxylation is 1. The molecule has 1 aromatic carbocycles. The van der Waals surface area contributed by atoms with Crippen LogP contribution in [0.4, 0.5) is 0 Å². The Morgan fingerprint density at radius 2 is 2.20 bits per heavy atom. The average molecular weight is 296 g/mol. The van der Waals surface area contributed by atoms with Crippen molar-refractivity contribution in [2.75, 3.05) is 6.54 Å². The molecule has 0 aliphatic rings. The number of hydrogen-bond acceptors (Lipinski definition) is 2. The molecule has 20 heavy (non-hydrogen) atoms. The molecule has 1 amide bonds. The second-order valence-corrected chi connectivity index (χ2v) is 5.09. The van der Waals surface area contributed by atoms with Gasteiger partial charge in [0.25, 0.3) is 0 Å². The molecule has 110 valence electrons. The van der Waals surface area contributed by atoms with E-state index in [9.17, 15) is 4.79 Å². The number of benzene rings is 1. The van der Waals surface area contributed by atoms with E-state index in [1.807, 2.05) is 13.1 Å². The maximum absolute atomic E-state index is 11.5. The largest absolute Gasteiger partial charge is 0.361 e. The third-order valence-electron chi connectivity index (χ3n) is 3.23. The zero-order valence-corrected chi connectivity index (χ0v) is 12.7. The van der Waals surface area contributed by atoms with E-state index in [2.05, 4.69) is 35.4 Å². The van der Waals surface area contributed by atoms with Crippen molar-refractivity contribution in [3.8, 4) is 0 Å². The van der Waals surface area contributed by atoms with E-state index in [-0.39, 0.29) is 24.4 Å². The molecule has 0 fully saturated rings. The van der Waals surface area contributed by atoms with E-state index < -0.39 is 0 Å². The minimum atomic E-state index is -0.0873. The molecule has 0 radical (unpaired) electrons. The van der Waals surface area contributed by atoms with E-state index in [4.69, 9.17) is 5.73 Å². The summed E-state index contributed by atoms with van der Waals surface area (Å²) in [6, 6.07) is 6.17. The minimum absolute atomic E-state index is 0. The number of halogens is 1. The molecule has 1 heterocycles. The molecule has 4 nitrogen and oxygen atoms in total. The van der Waals surface area contributed by atoms with Crippen LogP contribution in [0.5, 0.6) is 0 Å². The van der Waals surface area contributed by atoms with Gasteiger partial charge in [-0.2, -0.15) is 0 Å². The molecule has 1 aromatic heterocycles. The van der Waals surface area contributed by atoms with Gasteiger partial charge in [-0.25, -0.2) is 0 Å². The van der Waals surface area contributed by atoms with Gasteiger partial charge in [0.2, 0.25) is 5.91 Å². The highest BCUT2D eigenvalue weighted by molar-refractivity contribution is 5.86. The van der Waals surface area contributed by atoms with Crippen LogP contribution in [0.15, 0.2) is 24.4 Å². The van der Waals surface area contributed by atoms with Crippen LogP contribution in [0.25, 0.3) is 10.9 Å². The summed E-state index contributed by atoms with van der Waals surface area (Å²) in [4.78, 5) is 14.8. The summed E-state index contributed by atoms with van der Waals surface area (Å²) in [5, 5.41) is 4.14.